The van der Waals surface area contributed by atoms with Crippen LogP contribution in [0.1, 0.15) is 91.6 Å². The molecule has 0 amide bonds. The Bertz CT molecular complexity index is 1330. The van der Waals surface area contributed by atoms with Gasteiger partial charge in [-0.05, 0) is 81.9 Å². The molecular weight excluding hydrogens is 520 g/mol. The number of ether oxygens (including phenoxy) is 4. The fraction of sp³-hybridized carbons (Fsp3) is 0.548. The fourth-order valence-corrected chi connectivity index (χ4v) is 6.91. The summed E-state index contributed by atoms with van der Waals surface area (Å²) in [5.74, 6) is 1.07. The molecule has 2 aromatic carbocycles. The van der Waals surface area contributed by atoms with Crippen molar-refractivity contribution in [2.75, 3.05) is 7.11 Å². The monoisotopic (exact) mass is 556 g/mol. The molecule has 2 fully saturated rings. The third kappa shape index (κ3) is 4.67. The van der Waals surface area contributed by atoms with Gasteiger partial charge in [-0.3, -0.25) is 4.79 Å². The van der Waals surface area contributed by atoms with Crippen LogP contribution in [-0.4, -0.2) is 24.2 Å². The molecule has 0 radical (unpaired) electrons. The van der Waals surface area contributed by atoms with Gasteiger partial charge in [0, 0.05) is 11.1 Å². The van der Waals surface area contributed by atoms with Gasteiger partial charge in [-0.15, -0.1) is 0 Å². The highest BCUT2D eigenvalue weighted by molar-refractivity contribution is 6.32. The first-order valence-electron chi connectivity index (χ1n) is 13.7. The zero-order chi connectivity index (χ0) is 28.2. The lowest BCUT2D eigenvalue weighted by molar-refractivity contribution is -0.148. The first-order valence-corrected chi connectivity index (χ1v) is 14.1. The summed E-state index contributed by atoms with van der Waals surface area (Å²) in [6.45, 7) is 9.52. The van der Waals surface area contributed by atoms with Crippen molar-refractivity contribution in [3.63, 3.8) is 0 Å². The van der Waals surface area contributed by atoms with Crippen LogP contribution in [0.4, 0.5) is 0 Å². The number of carbonyl (C=O) groups is 2. The second-order valence-corrected chi connectivity index (χ2v) is 12.4. The number of benzene rings is 2. The van der Waals surface area contributed by atoms with Gasteiger partial charge in [0.15, 0.2) is 11.5 Å². The summed E-state index contributed by atoms with van der Waals surface area (Å²) in [5.41, 5.74) is 1.83. The SMILES string of the molecule is COc1c([C@@H](O)CC(C)C)ccc2c1C(=O)OCc1c(Cl)c(C)c(C)c(OC(=O)[C@@]3(C)C[C@@H]4CC[C@H]3C4)c1O2. The number of esters is 2. The normalized spacial score (nSPS) is 24.3. The van der Waals surface area contributed by atoms with Crippen molar-refractivity contribution in [3.8, 4) is 23.0 Å². The van der Waals surface area contributed by atoms with Gasteiger partial charge in [-0.2, -0.15) is 0 Å². The molecule has 39 heavy (non-hydrogen) atoms. The minimum Gasteiger partial charge on any atom is -0.495 e. The molecular formula is C31H37ClO7. The van der Waals surface area contributed by atoms with E-state index in [2.05, 4.69) is 0 Å². The number of fused-ring (bicyclic) bond motifs is 4. The highest BCUT2D eigenvalue weighted by Gasteiger charge is 2.53. The lowest BCUT2D eigenvalue weighted by atomic mass is 9.75. The van der Waals surface area contributed by atoms with Gasteiger partial charge in [0.25, 0.3) is 0 Å². The Labute approximate surface area is 234 Å². The van der Waals surface area contributed by atoms with E-state index < -0.39 is 17.5 Å². The van der Waals surface area contributed by atoms with Gasteiger partial charge in [0.1, 0.15) is 23.7 Å². The highest BCUT2D eigenvalue weighted by Crippen LogP contribution is 2.57. The van der Waals surface area contributed by atoms with Crippen molar-refractivity contribution in [3.05, 3.63) is 45.0 Å². The molecule has 3 aliphatic rings. The largest absolute Gasteiger partial charge is 0.495 e. The smallest absolute Gasteiger partial charge is 0.346 e. The van der Waals surface area contributed by atoms with Crippen LogP contribution in [0.3, 0.4) is 0 Å². The predicted octanol–water partition coefficient (Wildman–Crippen LogP) is 7.24. The van der Waals surface area contributed by atoms with Crippen molar-refractivity contribution in [2.45, 2.75) is 79.4 Å². The Morgan fingerprint density at radius 3 is 2.56 bits per heavy atom. The van der Waals surface area contributed by atoms with Crippen LogP contribution < -0.4 is 14.2 Å². The van der Waals surface area contributed by atoms with Crippen molar-refractivity contribution < 1.29 is 33.6 Å². The third-order valence-electron chi connectivity index (χ3n) is 8.97. The molecule has 4 atom stereocenters. The van der Waals surface area contributed by atoms with Gasteiger partial charge in [-0.25, -0.2) is 4.79 Å². The molecule has 1 heterocycles. The maximum absolute atomic E-state index is 13.7. The van der Waals surface area contributed by atoms with Crippen molar-refractivity contribution in [1.82, 2.24) is 0 Å². The van der Waals surface area contributed by atoms with Gasteiger partial charge in [0.2, 0.25) is 0 Å². The molecule has 8 heteroatoms. The molecule has 0 spiro atoms. The molecule has 7 nitrogen and oxygen atoms in total. The summed E-state index contributed by atoms with van der Waals surface area (Å²) < 4.78 is 23.9. The van der Waals surface area contributed by atoms with E-state index in [1.165, 1.54) is 13.5 Å². The van der Waals surface area contributed by atoms with Crippen molar-refractivity contribution >= 4 is 23.5 Å². The summed E-state index contributed by atoms with van der Waals surface area (Å²) in [6.07, 6.45) is 3.75. The lowest BCUT2D eigenvalue weighted by Gasteiger charge is -2.32. The molecule has 5 rings (SSSR count). The molecule has 1 N–H and O–H groups in total. The standard InChI is InChI=1S/C31H37ClO7/c1-15(2)11-22(33)20-9-10-23-24(27(20)36-6)29(34)37-14-21-25(32)16(3)17(4)26(28(21)38-23)39-30(35)31(5)13-18-7-8-19(31)12-18/h9-10,15,18-19,22,33H,7-8,11-14H2,1-6H3/t18-,19+,22+,31+/m1/s1. The maximum Gasteiger partial charge on any atom is 0.346 e. The van der Waals surface area contributed by atoms with Crippen LogP contribution >= 0.6 is 11.6 Å². The van der Waals surface area contributed by atoms with Gasteiger partial charge in [-0.1, -0.05) is 31.9 Å². The zero-order valence-corrected chi connectivity index (χ0v) is 24.2. The Kier molecular flexibility index (Phi) is 7.36. The van der Waals surface area contributed by atoms with E-state index >= 15 is 0 Å². The first kappa shape index (κ1) is 27.8. The first-order chi connectivity index (χ1) is 18.5. The minimum absolute atomic E-state index is 0.0650. The summed E-state index contributed by atoms with van der Waals surface area (Å²) >= 11 is 6.74. The Morgan fingerprint density at radius 2 is 1.95 bits per heavy atom. The van der Waals surface area contributed by atoms with Crippen LogP contribution in [0.5, 0.6) is 23.0 Å². The third-order valence-corrected chi connectivity index (χ3v) is 9.48. The lowest BCUT2D eigenvalue weighted by Crippen LogP contribution is -2.37. The number of hydrogen-bond acceptors (Lipinski definition) is 7. The topological polar surface area (TPSA) is 91.3 Å². The summed E-state index contributed by atoms with van der Waals surface area (Å²) in [5, 5.41) is 11.2. The second kappa shape index (κ2) is 10.3. The van der Waals surface area contributed by atoms with E-state index in [9.17, 15) is 14.7 Å². The number of halogens is 1. The van der Waals surface area contributed by atoms with Gasteiger partial charge in [0.05, 0.1) is 29.2 Å². The number of methoxy groups -OCH3 is 1. The molecule has 210 valence electrons. The van der Waals surface area contributed by atoms with Crippen LogP contribution in [-0.2, 0) is 16.1 Å². The fourth-order valence-electron chi connectivity index (χ4n) is 6.63. The summed E-state index contributed by atoms with van der Waals surface area (Å²) in [7, 11) is 1.44. The molecule has 2 bridgehead atoms. The molecule has 0 saturated heterocycles. The minimum atomic E-state index is -0.839. The van der Waals surface area contributed by atoms with Crippen molar-refractivity contribution in [2.24, 2.45) is 23.2 Å². The van der Waals surface area contributed by atoms with Crippen LogP contribution in [0.2, 0.25) is 5.02 Å². The molecule has 0 unspecified atom stereocenters. The summed E-state index contributed by atoms with van der Waals surface area (Å²) in [4.78, 5) is 26.9. The highest BCUT2D eigenvalue weighted by atomic mass is 35.5. The van der Waals surface area contributed by atoms with Crippen molar-refractivity contribution in [1.29, 1.82) is 0 Å². The Balaban J connectivity index is 1.60. The van der Waals surface area contributed by atoms with Gasteiger partial charge >= 0.3 is 11.9 Å². The number of cyclic esters (lactones) is 1. The maximum atomic E-state index is 13.7. The van der Waals surface area contributed by atoms with E-state index in [0.717, 1.165) is 24.8 Å². The van der Waals surface area contributed by atoms with Crippen LogP contribution in [0.15, 0.2) is 12.1 Å². The van der Waals surface area contributed by atoms with Crippen LogP contribution in [0, 0.1) is 37.0 Å². The average molecular weight is 557 g/mol. The number of carbonyl (C=O) groups excluding carboxylic acids is 2. The van der Waals surface area contributed by atoms with E-state index in [1.807, 2.05) is 34.6 Å². The molecule has 2 saturated carbocycles. The quantitative estimate of drug-likeness (QED) is 0.296. The molecule has 0 aromatic heterocycles. The Hall–Kier alpha value is -2.77. The van der Waals surface area contributed by atoms with E-state index in [-0.39, 0.29) is 47.1 Å². The van der Waals surface area contributed by atoms with E-state index in [0.29, 0.717) is 40.0 Å². The molecule has 2 aliphatic carbocycles. The van der Waals surface area contributed by atoms with E-state index in [4.69, 9.17) is 30.5 Å². The summed E-state index contributed by atoms with van der Waals surface area (Å²) in [6, 6.07) is 3.29. The predicted molar refractivity (Wildman–Crippen MR) is 147 cm³/mol. The average Bonchev–Trinajstić information content (AvgIpc) is 3.48. The number of aliphatic hydroxyl groups is 1. The van der Waals surface area contributed by atoms with E-state index in [1.54, 1.807) is 12.1 Å². The Morgan fingerprint density at radius 1 is 1.21 bits per heavy atom. The van der Waals surface area contributed by atoms with Crippen LogP contribution in [0.25, 0.3) is 0 Å². The number of rotatable bonds is 6. The second-order valence-electron chi connectivity index (χ2n) is 12.0. The number of hydrogen-bond donors (Lipinski definition) is 1. The molecule has 2 aromatic rings. The number of aliphatic hydroxyl groups excluding tert-OH is 1. The molecule has 1 aliphatic heterocycles. The van der Waals surface area contributed by atoms with Gasteiger partial charge < -0.3 is 24.1 Å². The zero-order valence-electron chi connectivity index (χ0n) is 23.5.